The number of rotatable bonds is 5. The molecule has 2 fully saturated rings. The third-order valence-corrected chi connectivity index (χ3v) is 6.62. The van der Waals surface area contributed by atoms with Crippen LogP contribution in [0.25, 0.3) is 16.9 Å². The summed E-state index contributed by atoms with van der Waals surface area (Å²) in [7, 11) is 2.15. The van der Waals surface area contributed by atoms with Crippen LogP contribution in [0, 0.1) is 5.82 Å². The molecule has 8 nitrogen and oxygen atoms in total. The van der Waals surface area contributed by atoms with E-state index in [0.717, 1.165) is 44.7 Å². The molecular weight excluding hydrogens is 431 g/mol. The van der Waals surface area contributed by atoms with Crippen LogP contribution < -0.4 is 16.0 Å². The first-order valence-corrected chi connectivity index (χ1v) is 11.7. The number of pyridine rings is 1. The third-order valence-electron chi connectivity index (χ3n) is 6.62. The fraction of sp³-hybridized carbons (Fsp3) is 0.320. The van der Waals surface area contributed by atoms with E-state index in [2.05, 4.69) is 44.3 Å². The third kappa shape index (κ3) is 3.81. The highest BCUT2D eigenvalue weighted by molar-refractivity contribution is 5.81. The number of anilines is 4. The molecule has 1 saturated heterocycles. The Morgan fingerprint density at radius 3 is 2.47 bits per heavy atom. The van der Waals surface area contributed by atoms with E-state index < -0.39 is 0 Å². The summed E-state index contributed by atoms with van der Waals surface area (Å²) >= 11 is 0. The standard InChI is InChI=1S/C25H27FN8/c1-32-11-13-33(14-12-32)18-9-7-17(8-10-18)29-25-28-15-19-22(26)23(16-5-6-16)34(24(19)31-25)21-4-2-3-20(27)30-21/h2-4,7-10,15-16H,5-6,11-14H2,1H3,(H2,27,30)(H,28,29,31). The molecule has 3 N–H and O–H groups in total. The van der Waals surface area contributed by atoms with Crippen molar-refractivity contribution in [1.82, 2.24) is 24.4 Å². The number of likely N-dealkylation sites (N-methyl/N-ethyl adjacent to an activating group) is 1. The van der Waals surface area contributed by atoms with E-state index in [4.69, 9.17) is 10.7 Å². The minimum atomic E-state index is -0.273. The highest BCUT2D eigenvalue weighted by Gasteiger charge is 2.34. The second kappa shape index (κ2) is 8.25. The SMILES string of the molecule is CN1CCN(c2ccc(Nc3ncc4c(F)c(C5CC5)n(-c5cccc(N)n5)c4n3)cc2)CC1. The summed E-state index contributed by atoms with van der Waals surface area (Å²) in [4.78, 5) is 18.2. The summed E-state index contributed by atoms with van der Waals surface area (Å²) in [6.07, 6.45) is 3.45. The zero-order valence-electron chi connectivity index (χ0n) is 19.1. The molecular formula is C25H27FN8. The second-order valence-electron chi connectivity index (χ2n) is 9.12. The van der Waals surface area contributed by atoms with Crippen LogP contribution in [-0.4, -0.2) is 57.6 Å². The number of nitrogens with two attached hydrogens (primary N) is 1. The van der Waals surface area contributed by atoms with E-state index in [1.54, 1.807) is 16.8 Å². The summed E-state index contributed by atoms with van der Waals surface area (Å²) in [5.74, 6) is 1.25. The van der Waals surface area contributed by atoms with E-state index in [1.807, 2.05) is 24.3 Å². The van der Waals surface area contributed by atoms with Gasteiger partial charge in [-0.3, -0.25) is 4.57 Å². The molecule has 0 amide bonds. The first-order chi connectivity index (χ1) is 16.6. The Morgan fingerprint density at radius 1 is 1.00 bits per heavy atom. The van der Waals surface area contributed by atoms with Crippen LogP contribution in [0.1, 0.15) is 24.5 Å². The average molecular weight is 459 g/mol. The number of nitrogens with one attached hydrogen (secondary N) is 1. The fourth-order valence-electron chi connectivity index (χ4n) is 4.57. The van der Waals surface area contributed by atoms with Crippen LogP contribution in [0.5, 0.6) is 0 Å². The fourth-order valence-corrected chi connectivity index (χ4v) is 4.57. The van der Waals surface area contributed by atoms with Crippen molar-refractivity contribution in [3.8, 4) is 5.82 Å². The normalized spacial score (nSPS) is 16.8. The molecule has 1 saturated carbocycles. The molecule has 1 aliphatic heterocycles. The van der Waals surface area contributed by atoms with E-state index in [9.17, 15) is 0 Å². The van der Waals surface area contributed by atoms with Gasteiger partial charge in [0.05, 0.1) is 11.1 Å². The van der Waals surface area contributed by atoms with Gasteiger partial charge in [-0.25, -0.2) is 14.4 Å². The molecule has 34 heavy (non-hydrogen) atoms. The number of nitrogens with zero attached hydrogens (tertiary/aromatic N) is 6. The van der Waals surface area contributed by atoms with Gasteiger partial charge in [0.1, 0.15) is 11.6 Å². The number of halogens is 1. The Labute approximate surface area is 197 Å². The molecule has 0 atom stereocenters. The molecule has 174 valence electrons. The topological polar surface area (TPSA) is 88.1 Å². The van der Waals surface area contributed by atoms with Crippen molar-refractivity contribution < 1.29 is 4.39 Å². The zero-order valence-corrected chi connectivity index (χ0v) is 19.1. The number of hydrogen-bond acceptors (Lipinski definition) is 7. The van der Waals surface area contributed by atoms with Gasteiger partial charge >= 0.3 is 0 Å². The molecule has 6 rings (SSSR count). The Kier molecular flexibility index (Phi) is 5.06. The number of aromatic nitrogens is 4. The largest absolute Gasteiger partial charge is 0.384 e. The molecule has 0 unspecified atom stereocenters. The van der Waals surface area contributed by atoms with E-state index in [0.29, 0.717) is 34.3 Å². The maximum atomic E-state index is 15.4. The van der Waals surface area contributed by atoms with Gasteiger partial charge in [-0.05, 0) is 56.3 Å². The Balaban J connectivity index is 1.33. The lowest BCUT2D eigenvalue weighted by molar-refractivity contribution is 0.313. The van der Waals surface area contributed by atoms with E-state index in [-0.39, 0.29) is 11.7 Å². The molecule has 0 radical (unpaired) electrons. The molecule has 4 aromatic rings. The minimum Gasteiger partial charge on any atom is -0.384 e. The highest BCUT2D eigenvalue weighted by atomic mass is 19.1. The summed E-state index contributed by atoms with van der Waals surface area (Å²) in [5, 5.41) is 3.66. The van der Waals surface area contributed by atoms with Crippen LogP contribution in [-0.2, 0) is 0 Å². The summed E-state index contributed by atoms with van der Waals surface area (Å²) in [5.41, 5.74) is 9.10. The van der Waals surface area contributed by atoms with Gasteiger partial charge < -0.3 is 20.9 Å². The second-order valence-corrected chi connectivity index (χ2v) is 9.12. The maximum absolute atomic E-state index is 15.4. The lowest BCUT2D eigenvalue weighted by atomic mass is 10.2. The van der Waals surface area contributed by atoms with Crippen molar-refractivity contribution in [2.24, 2.45) is 0 Å². The minimum absolute atomic E-state index is 0.163. The Bertz CT molecular complexity index is 1340. The summed E-state index contributed by atoms with van der Waals surface area (Å²) in [6.45, 7) is 4.17. The van der Waals surface area contributed by atoms with Gasteiger partial charge in [0, 0.05) is 49.7 Å². The van der Waals surface area contributed by atoms with Crippen molar-refractivity contribution >= 4 is 34.2 Å². The lowest BCUT2D eigenvalue weighted by Crippen LogP contribution is -2.44. The van der Waals surface area contributed by atoms with Crippen LogP contribution in [0.3, 0.4) is 0 Å². The molecule has 2 aliphatic rings. The van der Waals surface area contributed by atoms with Gasteiger partial charge in [-0.15, -0.1) is 0 Å². The van der Waals surface area contributed by atoms with Crippen molar-refractivity contribution in [3.05, 3.63) is 60.2 Å². The van der Waals surface area contributed by atoms with Crippen molar-refractivity contribution in [2.45, 2.75) is 18.8 Å². The number of piperazine rings is 1. The molecule has 4 heterocycles. The molecule has 1 aromatic carbocycles. The maximum Gasteiger partial charge on any atom is 0.229 e. The Hall–Kier alpha value is -3.72. The number of benzene rings is 1. The van der Waals surface area contributed by atoms with Gasteiger partial charge in [0.15, 0.2) is 11.5 Å². The summed E-state index contributed by atoms with van der Waals surface area (Å²) < 4.78 is 17.2. The molecule has 9 heteroatoms. The van der Waals surface area contributed by atoms with Crippen LogP contribution >= 0.6 is 0 Å². The monoisotopic (exact) mass is 458 g/mol. The Morgan fingerprint density at radius 2 is 1.76 bits per heavy atom. The lowest BCUT2D eigenvalue weighted by Gasteiger charge is -2.34. The number of nitrogen functional groups attached to an aromatic ring is 1. The number of fused-ring (bicyclic) bond motifs is 1. The van der Waals surface area contributed by atoms with Crippen molar-refractivity contribution in [2.75, 3.05) is 49.2 Å². The molecule has 0 spiro atoms. The smallest absolute Gasteiger partial charge is 0.229 e. The zero-order chi connectivity index (χ0) is 23.2. The van der Waals surface area contributed by atoms with Crippen LogP contribution in [0.2, 0.25) is 0 Å². The van der Waals surface area contributed by atoms with E-state index in [1.165, 1.54) is 5.69 Å². The first kappa shape index (κ1) is 20.9. The summed E-state index contributed by atoms with van der Waals surface area (Å²) in [6, 6.07) is 13.6. The van der Waals surface area contributed by atoms with Gasteiger partial charge in [-0.1, -0.05) is 6.07 Å². The molecule has 1 aliphatic carbocycles. The molecule has 3 aromatic heterocycles. The average Bonchev–Trinajstić information content (AvgIpc) is 3.64. The molecule has 0 bridgehead atoms. The van der Waals surface area contributed by atoms with Crippen molar-refractivity contribution in [3.63, 3.8) is 0 Å². The van der Waals surface area contributed by atoms with Gasteiger partial charge in [0.2, 0.25) is 5.95 Å². The van der Waals surface area contributed by atoms with Crippen LogP contribution in [0.4, 0.5) is 27.5 Å². The van der Waals surface area contributed by atoms with E-state index >= 15 is 4.39 Å². The van der Waals surface area contributed by atoms with Gasteiger partial charge in [-0.2, -0.15) is 4.98 Å². The predicted molar refractivity (Wildman–Crippen MR) is 132 cm³/mol. The number of hydrogen-bond donors (Lipinski definition) is 2. The van der Waals surface area contributed by atoms with Gasteiger partial charge in [0.25, 0.3) is 0 Å². The first-order valence-electron chi connectivity index (χ1n) is 11.7. The highest BCUT2D eigenvalue weighted by Crippen LogP contribution is 2.45. The predicted octanol–water partition coefficient (Wildman–Crippen LogP) is 3.91. The van der Waals surface area contributed by atoms with Crippen molar-refractivity contribution in [1.29, 1.82) is 0 Å². The quantitative estimate of drug-likeness (QED) is 0.469. The van der Waals surface area contributed by atoms with Crippen LogP contribution in [0.15, 0.2) is 48.7 Å².